The molecule has 1 aromatic carbocycles. The van der Waals surface area contributed by atoms with Gasteiger partial charge < -0.3 is 9.84 Å². The molecule has 0 aromatic heterocycles. The molecule has 0 aliphatic rings. The molecule has 86 valence electrons. The second kappa shape index (κ2) is 4.51. The van der Waals surface area contributed by atoms with Gasteiger partial charge in [-0.25, -0.2) is 4.79 Å². The van der Waals surface area contributed by atoms with E-state index in [1.165, 1.54) is 24.3 Å². The molecule has 1 rings (SSSR count). The lowest BCUT2D eigenvalue weighted by Gasteiger charge is -2.24. The highest BCUT2D eigenvalue weighted by Crippen LogP contribution is 2.22. The van der Waals surface area contributed by atoms with Gasteiger partial charge in [0.25, 0.3) is 5.72 Å². The van der Waals surface area contributed by atoms with Crippen molar-refractivity contribution in [3.05, 3.63) is 34.9 Å². The molecule has 5 nitrogen and oxygen atoms in total. The number of aliphatic carboxylic acids is 1. The molecule has 0 saturated carbocycles. The van der Waals surface area contributed by atoms with Crippen LogP contribution in [-0.4, -0.2) is 17.0 Å². The number of carboxylic acid groups (broad SMARTS) is 1. The molecule has 0 aliphatic heterocycles. The molecule has 3 N–H and O–H groups in total. The van der Waals surface area contributed by atoms with E-state index in [2.05, 4.69) is 4.74 Å². The van der Waals surface area contributed by atoms with Crippen LogP contribution in [0.3, 0.4) is 0 Å². The number of esters is 1. The fourth-order valence-electron chi connectivity index (χ4n) is 1.15. The maximum Gasteiger partial charge on any atom is 0.368 e. The molecule has 0 bridgehead atoms. The molecular weight excluding hydrogens is 234 g/mol. The monoisotopic (exact) mass is 243 g/mol. The van der Waals surface area contributed by atoms with E-state index in [4.69, 9.17) is 22.4 Å². The third-order valence-corrected chi connectivity index (χ3v) is 2.15. The third kappa shape index (κ3) is 2.50. The van der Waals surface area contributed by atoms with E-state index < -0.39 is 17.7 Å². The minimum absolute atomic E-state index is 0.139. The predicted octanol–water partition coefficient (Wildman–Crippen LogP) is 1.10. The van der Waals surface area contributed by atoms with Crippen molar-refractivity contribution in [3.8, 4) is 0 Å². The van der Waals surface area contributed by atoms with Crippen LogP contribution in [0.5, 0.6) is 0 Å². The molecule has 1 atom stereocenters. The van der Waals surface area contributed by atoms with E-state index in [0.717, 1.165) is 6.92 Å². The number of rotatable bonds is 3. The summed E-state index contributed by atoms with van der Waals surface area (Å²) in [6, 6.07) is 5.70. The highest BCUT2D eigenvalue weighted by Gasteiger charge is 2.39. The molecule has 0 radical (unpaired) electrons. The molecule has 1 aromatic rings. The Hall–Kier alpha value is -1.59. The average Bonchev–Trinajstić information content (AvgIpc) is 2.17. The van der Waals surface area contributed by atoms with Gasteiger partial charge in [0.2, 0.25) is 0 Å². The number of halogens is 1. The van der Waals surface area contributed by atoms with Gasteiger partial charge in [0, 0.05) is 17.5 Å². The molecule has 0 spiro atoms. The lowest BCUT2D eigenvalue weighted by atomic mass is 10.0. The standard InChI is InChI=1S/C10H10ClNO4/c1-6(13)16-10(12,9(14)15)7-2-4-8(11)5-3-7/h2-5H,12H2,1H3,(H,14,15). The smallest absolute Gasteiger partial charge is 0.368 e. The Bertz CT molecular complexity index is 417. The number of hydrogen-bond donors (Lipinski definition) is 2. The van der Waals surface area contributed by atoms with E-state index in [9.17, 15) is 9.59 Å². The molecule has 0 amide bonds. The van der Waals surface area contributed by atoms with Crippen molar-refractivity contribution in [2.24, 2.45) is 5.73 Å². The summed E-state index contributed by atoms with van der Waals surface area (Å²) in [6.45, 7) is 1.08. The van der Waals surface area contributed by atoms with Crippen molar-refractivity contribution in [2.45, 2.75) is 12.6 Å². The minimum Gasteiger partial charge on any atom is -0.477 e. The highest BCUT2D eigenvalue weighted by atomic mass is 35.5. The first kappa shape index (κ1) is 12.5. The Labute approximate surface area is 96.8 Å². The molecule has 1 unspecified atom stereocenters. The molecule has 0 aliphatic carbocycles. The van der Waals surface area contributed by atoms with Crippen LogP contribution in [0.25, 0.3) is 0 Å². The lowest BCUT2D eigenvalue weighted by molar-refractivity contribution is -0.178. The molecule has 0 saturated heterocycles. The average molecular weight is 244 g/mol. The van der Waals surface area contributed by atoms with Crippen LogP contribution in [-0.2, 0) is 20.1 Å². The van der Waals surface area contributed by atoms with Gasteiger partial charge in [-0.15, -0.1) is 0 Å². The van der Waals surface area contributed by atoms with Crippen LogP contribution in [0.4, 0.5) is 0 Å². The summed E-state index contributed by atoms with van der Waals surface area (Å²) < 4.78 is 4.62. The predicted molar refractivity (Wildman–Crippen MR) is 56.7 cm³/mol. The summed E-state index contributed by atoms with van der Waals surface area (Å²) in [5.41, 5.74) is 3.48. The van der Waals surface area contributed by atoms with Crippen LogP contribution in [0, 0.1) is 0 Å². The second-order valence-electron chi connectivity index (χ2n) is 3.14. The van der Waals surface area contributed by atoms with Gasteiger partial charge in [-0.05, 0) is 12.1 Å². The van der Waals surface area contributed by atoms with Crippen molar-refractivity contribution in [3.63, 3.8) is 0 Å². The van der Waals surface area contributed by atoms with Gasteiger partial charge in [-0.3, -0.25) is 10.5 Å². The summed E-state index contributed by atoms with van der Waals surface area (Å²) >= 11 is 5.65. The molecule has 6 heteroatoms. The van der Waals surface area contributed by atoms with Gasteiger partial charge in [-0.1, -0.05) is 23.7 Å². The first-order valence-electron chi connectivity index (χ1n) is 4.34. The van der Waals surface area contributed by atoms with Crippen molar-refractivity contribution in [1.29, 1.82) is 0 Å². The zero-order valence-electron chi connectivity index (χ0n) is 8.44. The number of hydrogen-bond acceptors (Lipinski definition) is 4. The maximum absolute atomic E-state index is 11.0. The molecule has 16 heavy (non-hydrogen) atoms. The number of carbonyl (C=O) groups excluding carboxylic acids is 1. The summed E-state index contributed by atoms with van der Waals surface area (Å²) in [6.07, 6.45) is 0. The first-order valence-corrected chi connectivity index (χ1v) is 4.72. The van der Waals surface area contributed by atoms with Crippen LogP contribution in [0.15, 0.2) is 24.3 Å². The topological polar surface area (TPSA) is 89.6 Å². The Morgan fingerprint density at radius 3 is 2.25 bits per heavy atom. The van der Waals surface area contributed by atoms with Gasteiger partial charge in [-0.2, -0.15) is 0 Å². The molecular formula is C10H10ClNO4. The van der Waals surface area contributed by atoms with E-state index in [1.54, 1.807) is 0 Å². The summed E-state index contributed by atoms with van der Waals surface area (Å²) in [5.74, 6) is -2.23. The van der Waals surface area contributed by atoms with E-state index in [0.29, 0.717) is 5.02 Å². The minimum atomic E-state index is -2.18. The van der Waals surface area contributed by atoms with E-state index in [1.807, 2.05) is 0 Å². The van der Waals surface area contributed by atoms with Crippen LogP contribution in [0.2, 0.25) is 5.02 Å². The van der Waals surface area contributed by atoms with Crippen molar-refractivity contribution in [1.82, 2.24) is 0 Å². The van der Waals surface area contributed by atoms with E-state index >= 15 is 0 Å². The van der Waals surface area contributed by atoms with Crippen molar-refractivity contribution in [2.75, 3.05) is 0 Å². The fourth-order valence-corrected chi connectivity index (χ4v) is 1.28. The van der Waals surface area contributed by atoms with E-state index in [-0.39, 0.29) is 5.56 Å². The second-order valence-corrected chi connectivity index (χ2v) is 3.58. The van der Waals surface area contributed by atoms with Crippen molar-refractivity contribution < 1.29 is 19.4 Å². The largest absolute Gasteiger partial charge is 0.477 e. The van der Waals surface area contributed by atoms with Gasteiger partial charge in [0.15, 0.2) is 0 Å². The highest BCUT2D eigenvalue weighted by molar-refractivity contribution is 6.30. The molecule has 0 fully saturated rings. The number of benzene rings is 1. The van der Waals surface area contributed by atoms with Crippen LogP contribution in [0.1, 0.15) is 12.5 Å². The normalized spacial score (nSPS) is 13.9. The zero-order valence-corrected chi connectivity index (χ0v) is 9.19. The molecule has 0 heterocycles. The summed E-state index contributed by atoms with van der Waals surface area (Å²) in [7, 11) is 0. The SMILES string of the molecule is CC(=O)OC(N)(C(=O)O)c1ccc(Cl)cc1. The van der Waals surface area contributed by atoms with Crippen LogP contribution >= 0.6 is 11.6 Å². The summed E-state index contributed by atoms with van der Waals surface area (Å²) in [5, 5.41) is 9.40. The van der Waals surface area contributed by atoms with Gasteiger partial charge >= 0.3 is 11.9 Å². The van der Waals surface area contributed by atoms with Gasteiger partial charge in [0.1, 0.15) is 0 Å². The van der Waals surface area contributed by atoms with Gasteiger partial charge in [0.05, 0.1) is 0 Å². The zero-order chi connectivity index (χ0) is 12.3. The van der Waals surface area contributed by atoms with Crippen molar-refractivity contribution >= 4 is 23.5 Å². The number of carbonyl (C=O) groups is 2. The Balaban J connectivity index is 3.16. The van der Waals surface area contributed by atoms with Crippen LogP contribution < -0.4 is 5.73 Å². The lowest BCUT2D eigenvalue weighted by Crippen LogP contribution is -2.48. The number of carboxylic acids is 1. The number of nitrogens with two attached hydrogens (primary N) is 1. The quantitative estimate of drug-likeness (QED) is 0.613. The Morgan fingerprint density at radius 1 is 1.38 bits per heavy atom. The first-order chi connectivity index (χ1) is 7.36. The Kier molecular flexibility index (Phi) is 3.51. The maximum atomic E-state index is 11.0. The Morgan fingerprint density at radius 2 is 1.88 bits per heavy atom. The summed E-state index contributed by atoms with van der Waals surface area (Å²) in [4.78, 5) is 21.8. The number of ether oxygens (including phenoxy) is 1. The fraction of sp³-hybridized carbons (Fsp3) is 0.200. The third-order valence-electron chi connectivity index (χ3n) is 1.90.